The van der Waals surface area contributed by atoms with Crippen LogP contribution in [0.4, 0.5) is 5.69 Å². The highest BCUT2D eigenvalue weighted by molar-refractivity contribution is 7.10. The van der Waals surface area contributed by atoms with Crippen molar-refractivity contribution >= 4 is 51.3 Å². The second kappa shape index (κ2) is 8.55. The highest BCUT2D eigenvalue weighted by Crippen LogP contribution is 2.46. The van der Waals surface area contributed by atoms with Crippen LogP contribution < -0.4 is 14.4 Å². The molecule has 34 heavy (non-hydrogen) atoms. The van der Waals surface area contributed by atoms with Gasteiger partial charge in [-0.1, -0.05) is 29.8 Å². The number of nitrogens with zero attached hydrogens (tertiary/aromatic N) is 1. The topological polar surface area (TPSA) is 89.2 Å². The molecule has 1 aliphatic heterocycles. The number of ether oxygens (including phenoxy) is 2. The highest BCUT2D eigenvalue weighted by atomic mass is 35.5. The largest absolute Gasteiger partial charge is 0.503 e. The molecule has 172 valence electrons. The Labute approximate surface area is 203 Å². The summed E-state index contributed by atoms with van der Waals surface area (Å²) >= 11 is 7.51. The van der Waals surface area contributed by atoms with Crippen LogP contribution in [0.15, 0.2) is 75.7 Å². The Hall–Kier alpha value is -3.75. The van der Waals surface area contributed by atoms with Gasteiger partial charge in [0.15, 0.2) is 22.9 Å². The average molecular weight is 496 g/mol. The maximum Gasteiger partial charge on any atom is 0.294 e. The van der Waals surface area contributed by atoms with E-state index in [9.17, 15) is 14.7 Å². The van der Waals surface area contributed by atoms with E-state index in [2.05, 4.69) is 0 Å². The Morgan fingerprint density at radius 2 is 1.85 bits per heavy atom. The summed E-state index contributed by atoms with van der Waals surface area (Å²) in [6.07, 6.45) is 0. The van der Waals surface area contributed by atoms with Crippen molar-refractivity contribution in [3.05, 3.63) is 87.0 Å². The molecule has 1 amide bonds. The molecule has 0 spiro atoms. The predicted octanol–water partition coefficient (Wildman–Crippen LogP) is 5.95. The molecule has 1 atom stereocenters. The van der Waals surface area contributed by atoms with Crippen molar-refractivity contribution in [1.29, 1.82) is 0 Å². The monoisotopic (exact) mass is 495 g/mol. The van der Waals surface area contributed by atoms with Gasteiger partial charge in [-0.25, -0.2) is 0 Å². The van der Waals surface area contributed by atoms with Crippen LogP contribution in [-0.4, -0.2) is 31.0 Å². The van der Waals surface area contributed by atoms with Crippen LogP contribution in [0.1, 0.15) is 21.5 Å². The molecule has 1 aliphatic rings. The molecule has 4 aromatic rings. The number of aliphatic hydroxyl groups is 1. The highest BCUT2D eigenvalue weighted by Gasteiger charge is 2.46. The first-order chi connectivity index (χ1) is 16.4. The van der Waals surface area contributed by atoms with Gasteiger partial charge in [0.1, 0.15) is 11.8 Å². The number of aliphatic hydroxyl groups excluding tert-OH is 1. The van der Waals surface area contributed by atoms with E-state index in [0.717, 1.165) is 0 Å². The molecule has 3 heterocycles. The number of thiophene rings is 1. The minimum atomic E-state index is -0.866. The third-order valence-corrected chi connectivity index (χ3v) is 6.74. The number of carbonyl (C=O) groups excluding carboxylic acids is 2. The molecule has 0 saturated heterocycles. The zero-order valence-corrected chi connectivity index (χ0v) is 19.6. The summed E-state index contributed by atoms with van der Waals surface area (Å²) in [7, 11) is 2.96. The Morgan fingerprint density at radius 1 is 1.09 bits per heavy atom. The summed E-state index contributed by atoms with van der Waals surface area (Å²) < 4.78 is 16.6. The summed E-state index contributed by atoms with van der Waals surface area (Å²) in [6, 6.07) is 14.4. The Kier molecular flexibility index (Phi) is 5.55. The second-order valence-corrected chi connectivity index (χ2v) is 8.91. The Bertz CT molecular complexity index is 1460. The van der Waals surface area contributed by atoms with Crippen molar-refractivity contribution in [2.45, 2.75) is 6.04 Å². The summed E-state index contributed by atoms with van der Waals surface area (Å²) in [5.74, 6) is -1.21. The van der Waals surface area contributed by atoms with Gasteiger partial charge in [-0.2, -0.15) is 0 Å². The third kappa shape index (κ3) is 3.43. The summed E-state index contributed by atoms with van der Waals surface area (Å²) in [4.78, 5) is 29.1. The minimum Gasteiger partial charge on any atom is -0.503 e. The Balaban J connectivity index is 1.66. The van der Waals surface area contributed by atoms with Gasteiger partial charge in [-0.15, -0.1) is 11.3 Å². The molecule has 5 rings (SSSR count). The lowest BCUT2D eigenvalue weighted by molar-refractivity contribution is -0.117. The number of Topliss-reactive ketones (excluding diaryl/α,β-unsaturated/α-hetero) is 1. The number of amides is 1. The molecule has 0 radical (unpaired) electrons. The average Bonchev–Trinajstić information content (AvgIpc) is 3.57. The molecule has 0 fully saturated rings. The molecule has 1 unspecified atom stereocenters. The maximum absolute atomic E-state index is 13.7. The molecule has 2 aromatic carbocycles. The number of anilines is 1. The van der Waals surface area contributed by atoms with Gasteiger partial charge in [0, 0.05) is 21.4 Å². The quantitative estimate of drug-likeness (QED) is 0.332. The molecule has 0 aliphatic carbocycles. The van der Waals surface area contributed by atoms with E-state index in [1.54, 1.807) is 42.5 Å². The first kappa shape index (κ1) is 22.1. The molecule has 2 aromatic heterocycles. The predicted molar refractivity (Wildman–Crippen MR) is 129 cm³/mol. The lowest BCUT2D eigenvalue weighted by atomic mass is 10.00. The molecule has 1 N–H and O–H groups in total. The molecular weight excluding hydrogens is 478 g/mol. The maximum atomic E-state index is 13.7. The third-order valence-electron chi connectivity index (χ3n) is 5.60. The first-order valence-electron chi connectivity index (χ1n) is 10.2. The number of carbonyl (C=O) groups is 2. The smallest absolute Gasteiger partial charge is 0.294 e. The van der Waals surface area contributed by atoms with Crippen molar-refractivity contribution in [3.8, 4) is 11.5 Å². The number of benzene rings is 2. The van der Waals surface area contributed by atoms with E-state index >= 15 is 0 Å². The number of hydrogen-bond acceptors (Lipinski definition) is 7. The second-order valence-electron chi connectivity index (χ2n) is 7.49. The van der Waals surface area contributed by atoms with Gasteiger partial charge in [0.05, 0.1) is 25.5 Å². The van der Waals surface area contributed by atoms with E-state index < -0.39 is 23.5 Å². The van der Waals surface area contributed by atoms with E-state index in [1.165, 1.54) is 36.5 Å². The van der Waals surface area contributed by atoms with Crippen molar-refractivity contribution in [2.75, 3.05) is 19.1 Å². The summed E-state index contributed by atoms with van der Waals surface area (Å²) in [6.45, 7) is 0. The van der Waals surface area contributed by atoms with Gasteiger partial charge < -0.3 is 19.0 Å². The minimum absolute atomic E-state index is 0.0478. The van der Waals surface area contributed by atoms with Gasteiger partial charge in [0.25, 0.3) is 5.91 Å². The first-order valence-corrected chi connectivity index (χ1v) is 11.4. The number of halogens is 1. The van der Waals surface area contributed by atoms with Gasteiger partial charge >= 0.3 is 0 Å². The van der Waals surface area contributed by atoms with Crippen LogP contribution in [-0.2, 0) is 4.79 Å². The number of methoxy groups -OCH3 is 2. The lowest BCUT2D eigenvalue weighted by Crippen LogP contribution is -2.30. The van der Waals surface area contributed by atoms with Crippen molar-refractivity contribution in [2.24, 2.45) is 0 Å². The summed E-state index contributed by atoms with van der Waals surface area (Å²) in [5.41, 5.74) is 0.692. The SMILES string of the molecule is COc1ccccc1N1C(=O)C(O)=C(C(=O)c2cc3cc(Cl)cc(OC)c3o2)C1c1cccs1. The fourth-order valence-corrected chi connectivity index (χ4v) is 5.15. The number of hydrogen-bond donors (Lipinski definition) is 1. The fourth-order valence-electron chi connectivity index (χ4n) is 4.11. The standard InChI is InChI=1S/C25H18ClNO6S/c1-31-16-7-4-3-6-15(16)27-21(19-8-5-9-34-19)20(23(29)25(27)30)22(28)17-11-13-10-14(26)12-18(32-2)24(13)33-17/h3-12,21,29H,1-2H3. The van der Waals surface area contributed by atoms with E-state index in [1.807, 2.05) is 11.4 Å². The van der Waals surface area contributed by atoms with Crippen LogP contribution in [0, 0.1) is 0 Å². The van der Waals surface area contributed by atoms with Crippen LogP contribution >= 0.6 is 22.9 Å². The molecular formula is C25H18ClNO6S. The van der Waals surface area contributed by atoms with Crippen molar-refractivity contribution in [1.82, 2.24) is 0 Å². The van der Waals surface area contributed by atoms with E-state index in [4.69, 9.17) is 25.5 Å². The zero-order chi connectivity index (χ0) is 24.0. The van der Waals surface area contributed by atoms with Crippen molar-refractivity contribution < 1.29 is 28.6 Å². The van der Waals surface area contributed by atoms with Crippen LogP contribution in [0.3, 0.4) is 0 Å². The molecule has 7 nitrogen and oxygen atoms in total. The van der Waals surface area contributed by atoms with Crippen LogP contribution in [0.2, 0.25) is 5.02 Å². The van der Waals surface area contributed by atoms with Crippen LogP contribution in [0.25, 0.3) is 11.0 Å². The fraction of sp³-hybridized carbons (Fsp3) is 0.120. The number of furan rings is 1. The Morgan fingerprint density at radius 3 is 2.56 bits per heavy atom. The number of ketones is 1. The molecule has 9 heteroatoms. The molecule has 0 bridgehead atoms. The van der Waals surface area contributed by atoms with Crippen LogP contribution in [0.5, 0.6) is 11.5 Å². The normalized spacial score (nSPS) is 15.9. The summed E-state index contributed by atoms with van der Waals surface area (Å²) in [5, 5.41) is 13.7. The number of fused-ring (bicyclic) bond motifs is 1. The van der Waals surface area contributed by atoms with E-state index in [0.29, 0.717) is 38.1 Å². The van der Waals surface area contributed by atoms with Gasteiger partial charge in [-0.3, -0.25) is 14.5 Å². The molecule has 0 saturated carbocycles. The van der Waals surface area contributed by atoms with Gasteiger partial charge in [-0.05, 0) is 35.7 Å². The lowest BCUT2D eigenvalue weighted by Gasteiger charge is -2.26. The van der Waals surface area contributed by atoms with Crippen molar-refractivity contribution in [3.63, 3.8) is 0 Å². The van der Waals surface area contributed by atoms with E-state index in [-0.39, 0.29) is 11.3 Å². The number of rotatable bonds is 6. The zero-order valence-electron chi connectivity index (χ0n) is 18.1. The number of para-hydroxylation sites is 2. The van der Waals surface area contributed by atoms with Gasteiger partial charge in [0.2, 0.25) is 5.78 Å².